The van der Waals surface area contributed by atoms with Crippen LogP contribution < -0.4 is 4.90 Å². The van der Waals surface area contributed by atoms with Crippen molar-refractivity contribution < 1.29 is 22.7 Å². The normalized spacial score (nSPS) is 14.8. The maximum absolute atomic E-state index is 12.5. The quantitative estimate of drug-likeness (QED) is 0.807. The number of methoxy groups -OCH3 is 1. The van der Waals surface area contributed by atoms with Crippen LogP contribution in [0.2, 0.25) is 0 Å². The number of anilines is 1. The van der Waals surface area contributed by atoms with Crippen molar-refractivity contribution in [1.29, 1.82) is 0 Å². The molecule has 0 saturated heterocycles. The molecule has 0 spiro atoms. The van der Waals surface area contributed by atoms with Crippen molar-refractivity contribution in [3.8, 4) is 0 Å². The Bertz CT molecular complexity index is 686. The van der Waals surface area contributed by atoms with Crippen LogP contribution in [0, 0.1) is 0 Å². The van der Waals surface area contributed by atoms with Gasteiger partial charge in [0, 0.05) is 18.0 Å². The van der Waals surface area contributed by atoms with Gasteiger partial charge >= 0.3 is 18.4 Å². The summed E-state index contributed by atoms with van der Waals surface area (Å²) in [6.45, 7) is 1.06. The van der Waals surface area contributed by atoms with E-state index in [0.29, 0.717) is 18.0 Å². The molecule has 22 heavy (non-hydrogen) atoms. The third-order valence-corrected chi connectivity index (χ3v) is 4.58. The van der Waals surface area contributed by atoms with Gasteiger partial charge in [-0.3, -0.25) is 0 Å². The molecule has 3 heterocycles. The summed E-state index contributed by atoms with van der Waals surface area (Å²) in [4.78, 5) is 15.0. The molecule has 1 aliphatic rings. The van der Waals surface area contributed by atoms with E-state index in [4.69, 9.17) is 9.15 Å². The lowest BCUT2D eigenvalue weighted by molar-refractivity contribution is 0.0606. The molecule has 118 valence electrons. The number of fused-ring (bicyclic) bond motifs is 1. The van der Waals surface area contributed by atoms with Gasteiger partial charge in [0.2, 0.25) is 0 Å². The molecule has 0 amide bonds. The van der Waals surface area contributed by atoms with Gasteiger partial charge in [-0.05, 0) is 24.5 Å². The monoisotopic (exact) mass is 329 g/mol. The summed E-state index contributed by atoms with van der Waals surface area (Å²) >= 11 is 1.40. The van der Waals surface area contributed by atoms with Crippen molar-refractivity contribution in [2.75, 3.05) is 18.6 Å². The first-order valence-corrected chi connectivity index (χ1v) is 7.46. The number of aryl methyl sites for hydroxylation is 1. The molecule has 0 atom stereocenters. The van der Waals surface area contributed by atoms with E-state index in [1.165, 1.54) is 18.4 Å². The van der Waals surface area contributed by atoms with E-state index in [2.05, 4.69) is 10.2 Å². The number of rotatable bonds is 3. The van der Waals surface area contributed by atoms with Crippen LogP contribution in [0.3, 0.4) is 0 Å². The molecule has 0 radical (unpaired) electrons. The second kappa shape index (κ2) is 5.99. The number of ether oxygens (including phenoxy) is 1. The molecule has 9 heteroatoms. The highest BCUT2D eigenvalue weighted by Gasteiger charge is 2.24. The highest BCUT2D eigenvalue weighted by atomic mass is 32.1. The first kappa shape index (κ1) is 14.9. The smallest absolute Gasteiger partial charge is 0.348 e. The molecule has 0 saturated carbocycles. The Morgan fingerprint density at radius 1 is 1.50 bits per heavy atom. The van der Waals surface area contributed by atoms with Crippen LogP contribution in [0.4, 0.5) is 14.8 Å². The van der Waals surface area contributed by atoms with Crippen LogP contribution >= 0.6 is 11.3 Å². The lowest BCUT2D eigenvalue weighted by Gasteiger charge is -2.16. The van der Waals surface area contributed by atoms with Gasteiger partial charge in [-0.2, -0.15) is 8.78 Å². The highest BCUT2D eigenvalue weighted by molar-refractivity contribution is 7.14. The SMILES string of the molecule is COC(=O)c1cc2c(s1)CCCN(c1nnc(C(F)F)o1)C2. The first-order chi connectivity index (χ1) is 10.6. The Morgan fingerprint density at radius 3 is 3.00 bits per heavy atom. The van der Waals surface area contributed by atoms with Crippen LogP contribution in [0.15, 0.2) is 10.5 Å². The number of esters is 1. The molecular formula is C13H13F2N3O3S. The van der Waals surface area contributed by atoms with Crippen molar-refractivity contribution in [2.24, 2.45) is 0 Å². The molecule has 0 aliphatic carbocycles. The minimum absolute atomic E-state index is 0.0777. The van der Waals surface area contributed by atoms with Crippen LogP contribution in [-0.4, -0.2) is 29.8 Å². The number of carbonyl (C=O) groups excluding carboxylic acids is 1. The number of alkyl halides is 2. The van der Waals surface area contributed by atoms with Crippen LogP contribution in [0.1, 0.15) is 38.8 Å². The van der Waals surface area contributed by atoms with Crippen molar-refractivity contribution in [3.63, 3.8) is 0 Å². The topological polar surface area (TPSA) is 68.5 Å². The van der Waals surface area contributed by atoms with E-state index in [1.54, 1.807) is 11.0 Å². The summed E-state index contributed by atoms with van der Waals surface area (Å²) in [5.41, 5.74) is 0.958. The molecule has 0 fully saturated rings. The maximum atomic E-state index is 12.5. The molecule has 6 nitrogen and oxygen atoms in total. The standard InChI is InChI=1S/C13H13F2N3O3S/c1-20-12(19)9-5-7-6-18(4-2-3-8(7)22-9)13-17-16-11(21-13)10(14)15/h5,10H,2-4,6H2,1H3. The summed E-state index contributed by atoms with van der Waals surface area (Å²) in [6, 6.07) is 1.85. The van der Waals surface area contributed by atoms with E-state index in [-0.39, 0.29) is 12.0 Å². The third-order valence-electron chi connectivity index (χ3n) is 3.36. The molecule has 0 unspecified atom stereocenters. The summed E-state index contributed by atoms with van der Waals surface area (Å²) in [5, 5.41) is 7.02. The van der Waals surface area contributed by atoms with Crippen molar-refractivity contribution in [3.05, 3.63) is 27.3 Å². The molecule has 2 aromatic rings. The number of halogens is 2. The summed E-state index contributed by atoms with van der Waals surface area (Å²) in [5.74, 6) is -1.05. The highest BCUT2D eigenvalue weighted by Crippen LogP contribution is 2.30. The van der Waals surface area contributed by atoms with Crippen molar-refractivity contribution >= 4 is 23.3 Å². The van der Waals surface area contributed by atoms with Gasteiger partial charge in [0.15, 0.2) is 0 Å². The summed E-state index contributed by atoms with van der Waals surface area (Å²) < 4.78 is 34.8. The van der Waals surface area contributed by atoms with Gasteiger partial charge < -0.3 is 14.1 Å². The largest absolute Gasteiger partial charge is 0.465 e. The lowest BCUT2D eigenvalue weighted by Crippen LogP contribution is -2.22. The minimum atomic E-state index is -2.78. The fraction of sp³-hybridized carbons (Fsp3) is 0.462. The molecule has 3 rings (SSSR count). The van der Waals surface area contributed by atoms with E-state index >= 15 is 0 Å². The molecule has 2 aromatic heterocycles. The van der Waals surface area contributed by atoms with E-state index in [9.17, 15) is 13.6 Å². The molecule has 0 bridgehead atoms. The van der Waals surface area contributed by atoms with Gasteiger partial charge in [0.05, 0.1) is 7.11 Å². The van der Waals surface area contributed by atoms with Gasteiger partial charge in [-0.25, -0.2) is 4.79 Å². The van der Waals surface area contributed by atoms with Crippen LogP contribution in [-0.2, 0) is 17.7 Å². The number of nitrogens with zero attached hydrogens (tertiary/aromatic N) is 3. The lowest BCUT2D eigenvalue weighted by atomic mass is 10.2. The third kappa shape index (κ3) is 2.80. The zero-order valence-corrected chi connectivity index (χ0v) is 12.5. The predicted molar refractivity (Wildman–Crippen MR) is 74.3 cm³/mol. The fourth-order valence-corrected chi connectivity index (χ4v) is 3.47. The molecular weight excluding hydrogens is 316 g/mol. The predicted octanol–water partition coefficient (Wildman–Crippen LogP) is 2.81. The van der Waals surface area contributed by atoms with Crippen LogP contribution in [0.5, 0.6) is 0 Å². The van der Waals surface area contributed by atoms with Crippen molar-refractivity contribution in [1.82, 2.24) is 10.2 Å². The molecule has 0 aromatic carbocycles. The number of thiophene rings is 1. The van der Waals surface area contributed by atoms with Crippen molar-refractivity contribution in [2.45, 2.75) is 25.8 Å². The Labute approximate surface area is 128 Å². The zero-order valence-electron chi connectivity index (χ0n) is 11.7. The average Bonchev–Trinajstić information content (AvgIpc) is 3.09. The first-order valence-electron chi connectivity index (χ1n) is 6.65. The van der Waals surface area contributed by atoms with Gasteiger partial charge in [-0.15, -0.1) is 16.4 Å². The Balaban J connectivity index is 1.84. The van der Waals surface area contributed by atoms with E-state index in [0.717, 1.165) is 23.3 Å². The number of hydrogen-bond donors (Lipinski definition) is 0. The molecule has 0 N–H and O–H groups in total. The fourth-order valence-electron chi connectivity index (χ4n) is 2.33. The maximum Gasteiger partial charge on any atom is 0.348 e. The second-order valence-corrected chi connectivity index (χ2v) is 5.94. The van der Waals surface area contributed by atoms with Gasteiger partial charge in [-0.1, -0.05) is 5.10 Å². The second-order valence-electron chi connectivity index (χ2n) is 4.80. The Hall–Kier alpha value is -2.03. The number of hydrogen-bond acceptors (Lipinski definition) is 7. The van der Waals surface area contributed by atoms with E-state index < -0.39 is 12.3 Å². The van der Waals surface area contributed by atoms with Gasteiger partial charge in [0.1, 0.15) is 4.88 Å². The van der Waals surface area contributed by atoms with E-state index in [1.807, 2.05) is 0 Å². The Morgan fingerprint density at radius 2 is 2.32 bits per heavy atom. The molecule has 1 aliphatic heterocycles. The summed E-state index contributed by atoms with van der Waals surface area (Å²) in [6.07, 6.45) is -1.17. The average molecular weight is 329 g/mol. The minimum Gasteiger partial charge on any atom is -0.465 e. The summed E-state index contributed by atoms with van der Waals surface area (Å²) in [7, 11) is 1.34. The van der Waals surface area contributed by atoms with Gasteiger partial charge in [0.25, 0.3) is 5.89 Å². The number of carbonyl (C=O) groups is 1. The van der Waals surface area contributed by atoms with Crippen LogP contribution in [0.25, 0.3) is 0 Å². The Kier molecular flexibility index (Phi) is 4.06. The number of aromatic nitrogens is 2. The zero-order chi connectivity index (χ0) is 15.7.